The molecular weight excluding hydrogens is 335 g/mol. The Kier molecular flexibility index (Phi) is 5.73. The third kappa shape index (κ3) is 3.88. The largest absolute Gasteiger partial charge is 0.329 e. The Balaban J connectivity index is 2.20. The average Bonchev–Trinajstić information content (AvgIpc) is 2.80. The molecule has 0 spiro atoms. The second kappa shape index (κ2) is 7.12. The van der Waals surface area contributed by atoms with Gasteiger partial charge >= 0.3 is 0 Å². The minimum atomic E-state index is 0.0158. The molecule has 1 unspecified atom stereocenters. The van der Waals surface area contributed by atoms with E-state index >= 15 is 0 Å². The fraction of sp³-hybridized carbons (Fsp3) is 0.286. The van der Waals surface area contributed by atoms with Crippen LogP contribution in [0.3, 0.4) is 0 Å². The topological polar surface area (TPSA) is 29.3 Å². The minimum Gasteiger partial charge on any atom is -0.329 e. The van der Waals surface area contributed by atoms with Crippen molar-refractivity contribution in [2.75, 3.05) is 13.6 Å². The SMILES string of the molecule is CN(Cc1ccc(Cl)s1)C(CN)c1cc(Cl)ccc1Cl. The Morgan fingerprint density at radius 2 is 1.95 bits per heavy atom. The van der Waals surface area contributed by atoms with Crippen molar-refractivity contribution in [2.45, 2.75) is 12.6 Å². The molecular formula is C14H15Cl3N2S. The van der Waals surface area contributed by atoms with Crippen LogP contribution in [0.15, 0.2) is 30.3 Å². The molecule has 20 heavy (non-hydrogen) atoms. The lowest BCUT2D eigenvalue weighted by atomic mass is 10.1. The van der Waals surface area contributed by atoms with Crippen LogP contribution in [0.2, 0.25) is 14.4 Å². The van der Waals surface area contributed by atoms with E-state index in [9.17, 15) is 0 Å². The average molecular weight is 350 g/mol. The number of nitrogens with zero attached hydrogens (tertiary/aromatic N) is 1. The summed E-state index contributed by atoms with van der Waals surface area (Å²) in [5, 5.41) is 1.34. The van der Waals surface area contributed by atoms with Gasteiger partial charge in [-0.1, -0.05) is 34.8 Å². The van der Waals surface area contributed by atoms with Gasteiger partial charge in [-0.2, -0.15) is 0 Å². The molecule has 1 heterocycles. The van der Waals surface area contributed by atoms with Crippen LogP contribution in [0.5, 0.6) is 0 Å². The Labute approximate surface area is 138 Å². The molecule has 6 heteroatoms. The molecule has 0 aliphatic carbocycles. The molecule has 1 atom stereocenters. The van der Waals surface area contributed by atoms with Crippen molar-refractivity contribution < 1.29 is 0 Å². The summed E-state index contributed by atoms with van der Waals surface area (Å²) in [4.78, 5) is 3.34. The monoisotopic (exact) mass is 348 g/mol. The highest BCUT2D eigenvalue weighted by Crippen LogP contribution is 2.31. The highest BCUT2D eigenvalue weighted by Gasteiger charge is 2.19. The molecule has 0 fully saturated rings. The van der Waals surface area contributed by atoms with Crippen LogP contribution < -0.4 is 5.73 Å². The lowest BCUT2D eigenvalue weighted by molar-refractivity contribution is 0.244. The first-order valence-electron chi connectivity index (χ1n) is 6.10. The lowest BCUT2D eigenvalue weighted by Gasteiger charge is -2.27. The van der Waals surface area contributed by atoms with Gasteiger partial charge in [0, 0.05) is 34.1 Å². The van der Waals surface area contributed by atoms with E-state index in [1.165, 1.54) is 4.88 Å². The summed E-state index contributed by atoms with van der Waals surface area (Å²) in [6.07, 6.45) is 0. The minimum absolute atomic E-state index is 0.0158. The first kappa shape index (κ1) is 16.1. The molecule has 2 rings (SSSR count). The van der Waals surface area contributed by atoms with Gasteiger partial charge in [0.15, 0.2) is 0 Å². The Bertz CT molecular complexity index is 586. The van der Waals surface area contributed by atoms with Gasteiger partial charge < -0.3 is 5.73 Å². The molecule has 1 aromatic heterocycles. The quantitative estimate of drug-likeness (QED) is 0.837. The van der Waals surface area contributed by atoms with Crippen LogP contribution in [0.25, 0.3) is 0 Å². The van der Waals surface area contributed by atoms with Crippen LogP contribution in [0, 0.1) is 0 Å². The van der Waals surface area contributed by atoms with Gasteiger partial charge in [0.05, 0.1) is 4.34 Å². The Morgan fingerprint density at radius 1 is 1.20 bits per heavy atom. The van der Waals surface area contributed by atoms with E-state index in [2.05, 4.69) is 4.90 Å². The smallest absolute Gasteiger partial charge is 0.0931 e. The third-order valence-corrected chi connectivity index (χ3v) is 4.90. The van der Waals surface area contributed by atoms with Crippen molar-refractivity contribution in [3.8, 4) is 0 Å². The number of halogens is 3. The van der Waals surface area contributed by atoms with E-state index in [0.717, 1.165) is 16.4 Å². The summed E-state index contributed by atoms with van der Waals surface area (Å²) in [5.41, 5.74) is 6.87. The van der Waals surface area contributed by atoms with Crippen LogP contribution in [0.4, 0.5) is 0 Å². The van der Waals surface area contributed by atoms with Crippen molar-refractivity contribution in [1.29, 1.82) is 0 Å². The number of hydrogen-bond donors (Lipinski definition) is 1. The fourth-order valence-corrected chi connectivity index (χ4v) is 3.68. The van der Waals surface area contributed by atoms with E-state index in [0.29, 0.717) is 16.6 Å². The fourth-order valence-electron chi connectivity index (χ4n) is 2.11. The molecule has 1 aromatic carbocycles. The highest BCUT2D eigenvalue weighted by atomic mass is 35.5. The molecule has 2 nitrogen and oxygen atoms in total. The molecule has 0 amide bonds. The van der Waals surface area contributed by atoms with Gasteiger partial charge in [-0.25, -0.2) is 0 Å². The first-order valence-corrected chi connectivity index (χ1v) is 8.05. The molecule has 0 aliphatic rings. The van der Waals surface area contributed by atoms with E-state index in [4.69, 9.17) is 40.5 Å². The number of rotatable bonds is 5. The van der Waals surface area contributed by atoms with Crippen molar-refractivity contribution in [1.82, 2.24) is 4.90 Å². The molecule has 0 radical (unpaired) electrons. The molecule has 0 aliphatic heterocycles. The normalized spacial score (nSPS) is 12.9. The second-order valence-corrected chi connectivity index (χ2v) is 7.18. The zero-order valence-corrected chi connectivity index (χ0v) is 14.0. The van der Waals surface area contributed by atoms with E-state index in [1.54, 1.807) is 23.5 Å². The van der Waals surface area contributed by atoms with Gasteiger partial charge in [-0.3, -0.25) is 4.90 Å². The van der Waals surface area contributed by atoms with Crippen LogP contribution in [0.1, 0.15) is 16.5 Å². The number of hydrogen-bond acceptors (Lipinski definition) is 3. The zero-order valence-electron chi connectivity index (χ0n) is 10.9. The maximum absolute atomic E-state index is 6.26. The van der Waals surface area contributed by atoms with Gasteiger partial charge in [0.1, 0.15) is 0 Å². The summed E-state index contributed by atoms with van der Waals surface area (Å²) in [6, 6.07) is 9.40. The summed E-state index contributed by atoms with van der Waals surface area (Å²) in [7, 11) is 2.02. The predicted octanol–water partition coefficient (Wildman–Crippen LogP) is 4.84. The van der Waals surface area contributed by atoms with Crippen molar-refractivity contribution in [3.05, 3.63) is 55.2 Å². The number of nitrogens with two attached hydrogens (primary N) is 1. The van der Waals surface area contributed by atoms with Crippen molar-refractivity contribution in [3.63, 3.8) is 0 Å². The van der Waals surface area contributed by atoms with Crippen LogP contribution in [-0.2, 0) is 6.54 Å². The maximum atomic E-state index is 6.26. The summed E-state index contributed by atoms with van der Waals surface area (Å²) >= 11 is 19.8. The van der Waals surface area contributed by atoms with Gasteiger partial charge in [-0.15, -0.1) is 11.3 Å². The van der Waals surface area contributed by atoms with Gasteiger partial charge in [0.25, 0.3) is 0 Å². The Hall–Kier alpha value is -0.290. The summed E-state index contributed by atoms with van der Waals surface area (Å²) in [6.45, 7) is 1.23. The van der Waals surface area contributed by atoms with Crippen LogP contribution in [-0.4, -0.2) is 18.5 Å². The maximum Gasteiger partial charge on any atom is 0.0931 e. The van der Waals surface area contributed by atoms with E-state index < -0.39 is 0 Å². The number of likely N-dealkylation sites (N-methyl/N-ethyl adjacent to an activating group) is 1. The molecule has 0 bridgehead atoms. The summed E-state index contributed by atoms with van der Waals surface area (Å²) in [5.74, 6) is 0. The lowest BCUT2D eigenvalue weighted by Crippen LogP contribution is -2.30. The molecule has 0 saturated carbocycles. The standard InChI is InChI=1S/C14H15Cl3N2S/c1-19(8-10-3-5-14(17)20-10)13(7-18)11-6-9(15)2-4-12(11)16/h2-6,13H,7-8,18H2,1H3. The zero-order chi connectivity index (χ0) is 14.7. The number of benzene rings is 1. The van der Waals surface area contributed by atoms with Crippen LogP contribution >= 0.6 is 46.1 Å². The van der Waals surface area contributed by atoms with E-state index in [1.807, 2.05) is 25.2 Å². The Morgan fingerprint density at radius 3 is 2.55 bits per heavy atom. The third-order valence-electron chi connectivity index (χ3n) is 3.11. The molecule has 2 N–H and O–H groups in total. The van der Waals surface area contributed by atoms with Gasteiger partial charge in [0.2, 0.25) is 0 Å². The molecule has 2 aromatic rings. The second-order valence-electron chi connectivity index (χ2n) is 4.54. The van der Waals surface area contributed by atoms with Crippen molar-refractivity contribution >= 4 is 46.1 Å². The van der Waals surface area contributed by atoms with Gasteiger partial charge in [-0.05, 0) is 42.9 Å². The number of thiophene rings is 1. The van der Waals surface area contributed by atoms with E-state index in [-0.39, 0.29) is 6.04 Å². The van der Waals surface area contributed by atoms with Crippen molar-refractivity contribution in [2.24, 2.45) is 5.73 Å². The molecule has 0 saturated heterocycles. The highest BCUT2D eigenvalue weighted by molar-refractivity contribution is 7.16. The first-order chi connectivity index (χ1) is 9.51. The summed E-state index contributed by atoms with van der Waals surface area (Å²) < 4.78 is 0.790. The molecule has 108 valence electrons. The predicted molar refractivity (Wildman–Crippen MR) is 89.1 cm³/mol.